The van der Waals surface area contributed by atoms with Crippen LogP contribution < -0.4 is 0 Å². The van der Waals surface area contributed by atoms with Gasteiger partial charge in [0.05, 0.1) is 11.2 Å². The normalized spacial score (nSPS) is 21.7. The molecule has 0 unspecified atom stereocenters. The van der Waals surface area contributed by atoms with Crippen molar-refractivity contribution >= 4 is 10.9 Å². The van der Waals surface area contributed by atoms with Gasteiger partial charge in [0.15, 0.2) is 0 Å². The molecule has 200 valence electrons. The van der Waals surface area contributed by atoms with Gasteiger partial charge in [-0.05, 0) is 36.5 Å². The second-order valence-corrected chi connectivity index (χ2v) is 10.3. The molecule has 1 aromatic carbocycles. The van der Waals surface area contributed by atoms with Crippen LogP contribution >= 0.6 is 0 Å². The van der Waals surface area contributed by atoms with Gasteiger partial charge in [-0.15, -0.1) is 10.2 Å². The fourth-order valence-corrected chi connectivity index (χ4v) is 5.56. The Morgan fingerprint density at radius 3 is 2.50 bits per heavy atom. The van der Waals surface area contributed by atoms with E-state index in [4.69, 9.17) is 0 Å². The molecule has 3 aromatic heterocycles. The van der Waals surface area contributed by atoms with Crippen molar-refractivity contribution < 1.29 is 22.0 Å². The number of alkyl halides is 5. The SMILES string of the molecule is Cn1cnnc1[C@@H](c1cccc(-c2n[nH]c3c(CN4C[C@@H](F)[C@@H](F)C4)nc(C(F)(F)F)cc23)c1)C1CCC1. The number of nitrogens with one attached hydrogen (secondary N) is 1. The van der Waals surface area contributed by atoms with Gasteiger partial charge < -0.3 is 4.57 Å². The number of halogens is 5. The van der Waals surface area contributed by atoms with Crippen LogP contribution in [0.2, 0.25) is 0 Å². The summed E-state index contributed by atoms with van der Waals surface area (Å²) in [6, 6.07) is 8.60. The van der Waals surface area contributed by atoms with Crippen LogP contribution in [-0.2, 0) is 19.8 Å². The maximum absolute atomic E-state index is 13.8. The molecular formula is C26H26F5N7. The molecular weight excluding hydrogens is 505 g/mol. The van der Waals surface area contributed by atoms with E-state index in [0.29, 0.717) is 22.7 Å². The first-order valence-electron chi connectivity index (χ1n) is 12.6. The fraction of sp³-hybridized carbons (Fsp3) is 0.462. The lowest BCUT2D eigenvalue weighted by Gasteiger charge is -2.33. The lowest BCUT2D eigenvalue weighted by molar-refractivity contribution is -0.141. The molecule has 3 atom stereocenters. The molecule has 12 heteroatoms. The summed E-state index contributed by atoms with van der Waals surface area (Å²) in [6.45, 7) is -0.526. The summed E-state index contributed by atoms with van der Waals surface area (Å²) >= 11 is 0. The molecule has 0 amide bonds. The van der Waals surface area contributed by atoms with Crippen molar-refractivity contribution in [1.82, 2.24) is 34.8 Å². The Kier molecular flexibility index (Phi) is 6.16. The van der Waals surface area contributed by atoms with Crippen LogP contribution in [0, 0.1) is 5.92 Å². The molecule has 38 heavy (non-hydrogen) atoms. The average Bonchev–Trinajstić information content (AvgIpc) is 3.54. The summed E-state index contributed by atoms with van der Waals surface area (Å²) in [5, 5.41) is 15.9. The van der Waals surface area contributed by atoms with Crippen LogP contribution in [0.1, 0.15) is 48.0 Å². The number of rotatable bonds is 6. The molecule has 0 radical (unpaired) electrons. The van der Waals surface area contributed by atoms with Crippen LogP contribution in [0.3, 0.4) is 0 Å². The number of hydrogen-bond acceptors (Lipinski definition) is 5. The maximum atomic E-state index is 13.8. The molecule has 1 saturated heterocycles. The smallest absolute Gasteiger partial charge is 0.320 e. The molecule has 1 N–H and O–H groups in total. The van der Waals surface area contributed by atoms with E-state index in [1.54, 1.807) is 6.33 Å². The first-order chi connectivity index (χ1) is 18.2. The van der Waals surface area contributed by atoms with Crippen molar-refractivity contribution in [3.63, 3.8) is 0 Å². The molecule has 7 nitrogen and oxygen atoms in total. The van der Waals surface area contributed by atoms with E-state index >= 15 is 0 Å². The van der Waals surface area contributed by atoms with E-state index < -0.39 is 24.2 Å². The highest BCUT2D eigenvalue weighted by Crippen LogP contribution is 2.43. The third-order valence-corrected chi connectivity index (χ3v) is 7.72. The van der Waals surface area contributed by atoms with E-state index in [-0.39, 0.29) is 36.6 Å². The molecule has 4 aromatic rings. The Balaban J connectivity index is 1.43. The highest BCUT2D eigenvalue weighted by atomic mass is 19.4. The van der Waals surface area contributed by atoms with E-state index in [2.05, 4.69) is 25.4 Å². The summed E-state index contributed by atoms with van der Waals surface area (Å²) in [5.41, 5.74) is 1.30. The molecule has 2 fully saturated rings. The van der Waals surface area contributed by atoms with E-state index in [9.17, 15) is 22.0 Å². The number of aryl methyl sites for hydroxylation is 1. The van der Waals surface area contributed by atoms with Gasteiger partial charge in [0, 0.05) is 43.5 Å². The van der Waals surface area contributed by atoms with Gasteiger partial charge in [-0.2, -0.15) is 18.3 Å². The maximum Gasteiger partial charge on any atom is 0.433 e. The van der Waals surface area contributed by atoms with Crippen molar-refractivity contribution in [3.05, 3.63) is 59.4 Å². The number of benzene rings is 1. The van der Waals surface area contributed by atoms with Gasteiger partial charge >= 0.3 is 6.18 Å². The summed E-state index contributed by atoms with van der Waals surface area (Å²) in [7, 11) is 1.90. The monoisotopic (exact) mass is 531 g/mol. The number of nitrogens with zero attached hydrogens (tertiary/aromatic N) is 6. The zero-order valence-electron chi connectivity index (χ0n) is 20.6. The minimum absolute atomic E-state index is 0.00169. The number of likely N-dealkylation sites (tertiary alicyclic amines) is 1. The third-order valence-electron chi connectivity index (χ3n) is 7.72. The summed E-state index contributed by atoms with van der Waals surface area (Å²) in [4.78, 5) is 5.26. The Morgan fingerprint density at radius 2 is 1.87 bits per heavy atom. The Labute approximate surface area is 215 Å². The third kappa shape index (κ3) is 4.44. The van der Waals surface area contributed by atoms with Gasteiger partial charge in [0.1, 0.15) is 35.9 Å². The average molecular weight is 532 g/mol. The Bertz CT molecular complexity index is 1450. The lowest BCUT2D eigenvalue weighted by Crippen LogP contribution is -2.24. The van der Waals surface area contributed by atoms with Gasteiger partial charge in [-0.1, -0.05) is 24.6 Å². The van der Waals surface area contributed by atoms with E-state index in [0.717, 1.165) is 36.7 Å². The van der Waals surface area contributed by atoms with E-state index in [1.165, 1.54) is 4.90 Å². The van der Waals surface area contributed by atoms with Crippen LogP contribution in [0.5, 0.6) is 0 Å². The Morgan fingerprint density at radius 1 is 1.11 bits per heavy atom. The quantitative estimate of drug-likeness (QED) is 0.347. The number of pyridine rings is 1. The summed E-state index contributed by atoms with van der Waals surface area (Å²) in [6.07, 6.45) is -3.11. The zero-order chi connectivity index (χ0) is 26.6. The van der Waals surface area contributed by atoms with Gasteiger partial charge in [0.25, 0.3) is 0 Å². The van der Waals surface area contributed by atoms with Gasteiger partial charge in [-0.3, -0.25) is 10.00 Å². The summed E-state index contributed by atoms with van der Waals surface area (Å²) < 4.78 is 70.9. The second kappa shape index (κ2) is 9.40. The van der Waals surface area contributed by atoms with Crippen LogP contribution in [0.4, 0.5) is 22.0 Å². The molecule has 1 saturated carbocycles. The van der Waals surface area contributed by atoms with Crippen molar-refractivity contribution in [1.29, 1.82) is 0 Å². The van der Waals surface area contributed by atoms with Crippen LogP contribution in [0.15, 0.2) is 36.7 Å². The first kappa shape index (κ1) is 24.9. The predicted molar refractivity (Wildman–Crippen MR) is 130 cm³/mol. The minimum atomic E-state index is -4.70. The Hall–Kier alpha value is -3.41. The molecule has 2 aliphatic rings. The van der Waals surface area contributed by atoms with Crippen molar-refractivity contribution in [2.75, 3.05) is 13.1 Å². The lowest BCUT2D eigenvalue weighted by atomic mass is 9.72. The van der Waals surface area contributed by atoms with E-state index in [1.807, 2.05) is 35.9 Å². The topological polar surface area (TPSA) is 75.5 Å². The number of aromatic amines is 1. The van der Waals surface area contributed by atoms with Gasteiger partial charge in [-0.25, -0.2) is 13.8 Å². The predicted octanol–water partition coefficient (Wildman–Crippen LogP) is 5.20. The number of aromatic nitrogens is 6. The fourth-order valence-electron chi connectivity index (χ4n) is 5.56. The molecule has 1 aliphatic carbocycles. The molecule has 4 heterocycles. The van der Waals surface area contributed by atoms with Gasteiger partial charge in [0.2, 0.25) is 0 Å². The molecule has 0 bridgehead atoms. The molecule has 1 aliphatic heterocycles. The largest absolute Gasteiger partial charge is 0.433 e. The first-order valence-corrected chi connectivity index (χ1v) is 12.6. The standard InChI is InChI=1S/C26H26F5N7/c1-37-13-32-36-25(37)22(14-4-2-5-14)15-6-3-7-16(8-15)23-17-9-21(26(29,30)31)33-20(24(17)35-34-23)12-38-10-18(27)19(28)11-38/h3,6-9,13-14,18-19,22H,2,4-5,10-12H2,1H3,(H,34,35)/t18-,19+,22-/m1/s1. The zero-order valence-corrected chi connectivity index (χ0v) is 20.6. The van der Waals surface area contributed by atoms with Crippen LogP contribution in [-0.4, -0.2) is 60.3 Å². The molecule has 6 rings (SSSR count). The second-order valence-electron chi connectivity index (χ2n) is 10.3. The molecule has 0 spiro atoms. The van der Waals surface area contributed by atoms with Crippen molar-refractivity contribution in [3.8, 4) is 11.3 Å². The minimum Gasteiger partial charge on any atom is -0.320 e. The van der Waals surface area contributed by atoms with Crippen LogP contribution in [0.25, 0.3) is 22.2 Å². The number of fused-ring (bicyclic) bond motifs is 1. The van der Waals surface area contributed by atoms with Crippen molar-refractivity contribution in [2.24, 2.45) is 13.0 Å². The van der Waals surface area contributed by atoms with Crippen molar-refractivity contribution in [2.45, 2.75) is 50.2 Å². The highest BCUT2D eigenvalue weighted by molar-refractivity contribution is 5.94. The summed E-state index contributed by atoms with van der Waals surface area (Å²) in [5.74, 6) is 1.24. The number of hydrogen-bond donors (Lipinski definition) is 1. The number of H-pyrrole nitrogens is 1. The highest BCUT2D eigenvalue weighted by Gasteiger charge is 2.37.